The van der Waals surface area contributed by atoms with Gasteiger partial charge in [0.2, 0.25) is 5.91 Å². The van der Waals surface area contributed by atoms with Crippen molar-refractivity contribution in [1.82, 2.24) is 15.5 Å². The van der Waals surface area contributed by atoms with Gasteiger partial charge in [-0.05, 0) is 48.0 Å². The van der Waals surface area contributed by atoms with Gasteiger partial charge in [0, 0.05) is 10.2 Å². The highest BCUT2D eigenvalue weighted by molar-refractivity contribution is 9.10. The molecule has 0 aliphatic heterocycles. The van der Waals surface area contributed by atoms with Crippen LogP contribution in [0.1, 0.15) is 21.7 Å². The lowest BCUT2D eigenvalue weighted by atomic mass is 10.1. The van der Waals surface area contributed by atoms with E-state index in [-0.39, 0.29) is 18.4 Å². The molecule has 0 radical (unpaired) electrons. The van der Waals surface area contributed by atoms with E-state index in [1.54, 1.807) is 26.0 Å². The second-order valence-corrected chi connectivity index (χ2v) is 6.32. The Morgan fingerprint density at radius 2 is 2.00 bits per heavy atom. The first-order chi connectivity index (χ1) is 12.0. The Balaban J connectivity index is 1.72. The van der Waals surface area contributed by atoms with E-state index in [0.29, 0.717) is 33.7 Å². The van der Waals surface area contributed by atoms with Gasteiger partial charge in [0.05, 0.1) is 28.9 Å². The van der Waals surface area contributed by atoms with Crippen molar-refractivity contribution in [3.05, 3.63) is 51.8 Å². The van der Waals surface area contributed by atoms with Crippen LogP contribution in [0.4, 0.5) is 5.69 Å². The Morgan fingerprint density at radius 1 is 1.24 bits per heavy atom. The summed E-state index contributed by atoms with van der Waals surface area (Å²) in [5.74, 6) is -0.714. The molecular weight excluding hydrogens is 388 g/mol. The summed E-state index contributed by atoms with van der Waals surface area (Å²) in [5.41, 5.74) is 2.53. The Hall–Kier alpha value is -2.74. The lowest BCUT2D eigenvalue weighted by molar-refractivity contribution is -0.115. The third-order valence-electron chi connectivity index (χ3n) is 3.55. The number of carbonyl (C=O) groups excluding carboxylic acids is 2. The Bertz CT molecular complexity index is 968. The van der Waals surface area contributed by atoms with Gasteiger partial charge in [-0.15, -0.1) is 0 Å². The summed E-state index contributed by atoms with van der Waals surface area (Å²) < 4.78 is 5.88. The molecule has 0 aliphatic rings. The zero-order chi connectivity index (χ0) is 18.0. The van der Waals surface area contributed by atoms with E-state index in [1.165, 1.54) is 0 Å². The molecule has 3 rings (SSSR count). The van der Waals surface area contributed by atoms with E-state index >= 15 is 0 Å². The average molecular weight is 403 g/mol. The SMILES string of the molecule is Cc1cc(C(=O)NCC(=O)Nc2ccccc2Br)c2c(C)noc2n1. The second kappa shape index (κ2) is 7.02. The Labute approximate surface area is 151 Å². The van der Waals surface area contributed by atoms with E-state index in [1.807, 2.05) is 18.2 Å². The summed E-state index contributed by atoms with van der Waals surface area (Å²) in [4.78, 5) is 28.8. The molecule has 0 atom stereocenters. The number of nitrogens with one attached hydrogen (secondary N) is 2. The number of pyridine rings is 1. The molecule has 25 heavy (non-hydrogen) atoms. The van der Waals surface area contributed by atoms with Gasteiger partial charge < -0.3 is 15.2 Å². The molecule has 2 N–H and O–H groups in total. The molecule has 3 aromatic rings. The third-order valence-corrected chi connectivity index (χ3v) is 4.24. The van der Waals surface area contributed by atoms with Gasteiger partial charge in [0.15, 0.2) is 0 Å². The van der Waals surface area contributed by atoms with Crippen molar-refractivity contribution < 1.29 is 14.1 Å². The van der Waals surface area contributed by atoms with Crippen LogP contribution >= 0.6 is 15.9 Å². The van der Waals surface area contributed by atoms with Crippen molar-refractivity contribution in [2.45, 2.75) is 13.8 Å². The lowest BCUT2D eigenvalue weighted by Crippen LogP contribution is -2.33. The van der Waals surface area contributed by atoms with Gasteiger partial charge in [-0.25, -0.2) is 4.98 Å². The van der Waals surface area contributed by atoms with Crippen LogP contribution in [0.5, 0.6) is 0 Å². The van der Waals surface area contributed by atoms with Crippen molar-refractivity contribution in [3.8, 4) is 0 Å². The molecule has 0 unspecified atom stereocenters. The fourth-order valence-electron chi connectivity index (χ4n) is 2.41. The first-order valence-electron chi connectivity index (χ1n) is 7.52. The molecule has 0 spiro atoms. The summed E-state index contributed by atoms with van der Waals surface area (Å²) in [7, 11) is 0. The first-order valence-corrected chi connectivity index (χ1v) is 8.31. The number of carbonyl (C=O) groups is 2. The molecule has 0 bridgehead atoms. The predicted octanol–water partition coefficient (Wildman–Crippen LogP) is 2.97. The molecule has 0 saturated carbocycles. The Morgan fingerprint density at radius 3 is 2.76 bits per heavy atom. The third kappa shape index (κ3) is 3.69. The summed E-state index contributed by atoms with van der Waals surface area (Å²) >= 11 is 3.35. The van der Waals surface area contributed by atoms with Crippen molar-refractivity contribution in [1.29, 1.82) is 0 Å². The second-order valence-electron chi connectivity index (χ2n) is 5.47. The van der Waals surface area contributed by atoms with Crippen LogP contribution in [-0.4, -0.2) is 28.5 Å². The quantitative estimate of drug-likeness (QED) is 0.698. The molecule has 0 fully saturated rings. The maximum atomic E-state index is 12.5. The van der Waals surface area contributed by atoms with Crippen LogP contribution in [-0.2, 0) is 4.79 Å². The van der Waals surface area contributed by atoms with E-state index in [4.69, 9.17) is 4.52 Å². The van der Waals surface area contributed by atoms with Gasteiger partial charge in [0.25, 0.3) is 11.6 Å². The highest BCUT2D eigenvalue weighted by Crippen LogP contribution is 2.22. The zero-order valence-corrected chi connectivity index (χ0v) is 15.2. The standard InChI is InChI=1S/C17H15BrN4O3/c1-9-7-11(15-10(2)22-25-17(15)20-9)16(24)19-8-14(23)21-13-6-4-3-5-12(13)18/h3-7H,8H2,1-2H3,(H,19,24)(H,21,23). The van der Waals surface area contributed by atoms with Crippen LogP contribution in [0.2, 0.25) is 0 Å². The number of amides is 2. The van der Waals surface area contributed by atoms with Crippen LogP contribution in [0.15, 0.2) is 39.3 Å². The van der Waals surface area contributed by atoms with Gasteiger partial charge in [-0.1, -0.05) is 17.3 Å². The highest BCUT2D eigenvalue weighted by atomic mass is 79.9. The normalized spacial score (nSPS) is 10.7. The number of rotatable bonds is 4. The largest absolute Gasteiger partial charge is 0.343 e. The predicted molar refractivity (Wildman–Crippen MR) is 96.4 cm³/mol. The van der Waals surface area contributed by atoms with Crippen molar-refractivity contribution in [2.24, 2.45) is 0 Å². The van der Waals surface area contributed by atoms with Crippen LogP contribution < -0.4 is 10.6 Å². The molecule has 7 nitrogen and oxygen atoms in total. The molecular formula is C17H15BrN4O3. The summed E-state index contributed by atoms with van der Waals surface area (Å²) in [5, 5.41) is 9.73. The molecule has 1 aromatic carbocycles. The number of nitrogens with zero attached hydrogens (tertiary/aromatic N) is 2. The van der Waals surface area contributed by atoms with Gasteiger partial charge in [-0.2, -0.15) is 0 Å². The first kappa shape index (κ1) is 17.1. The number of aromatic nitrogens is 2. The van der Waals surface area contributed by atoms with Gasteiger partial charge in [-0.3, -0.25) is 9.59 Å². The van der Waals surface area contributed by atoms with Gasteiger partial charge >= 0.3 is 0 Å². The molecule has 2 heterocycles. The topological polar surface area (TPSA) is 97.1 Å². The monoisotopic (exact) mass is 402 g/mol. The molecule has 2 amide bonds. The van der Waals surface area contributed by atoms with Crippen molar-refractivity contribution >= 4 is 44.5 Å². The fraction of sp³-hybridized carbons (Fsp3) is 0.176. The number of fused-ring (bicyclic) bond motifs is 1. The molecule has 2 aromatic heterocycles. The Kier molecular flexibility index (Phi) is 4.80. The number of hydrogen-bond acceptors (Lipinski definition) is 5. The number of hydrogen-bond donors (Lipinski definition) is 2. The number of halogens is 1. The maximum Gasteiger partial charge on any atom is 0.258 e. The number of benzene rings is 1. The average Bonchev–Trinajstić information content (AvgIpc) is 2.95. The van der Waals surface area contributed by atoms with E-state index in [2.05, 4.69) is 36.7 Å². The molecule has 8 heteroatoms. The molecule has 0 aliphatic carbocycles. The minimum Gasteiger partial charge on any atom is -0.343 e. The number of para-hydroxylation sites is 1. The molecule has 128 valence electrons. The highest BCUT2D eigenvalue weighted by Gasteiger charge is 2.18. The molecule has 0 saturated heterocycles. The van der Waals surface area contributed by atoms with E-state index in [0.717, 1.165) is 4.47 Å². The van der Waals surface area contributed by atoms with Crippen LogP contribution in [0.25, 0.3) is 11.1 Å². The van der Waals surface area contributed by atoms with Crippen LogP contribution in [0.3, 0.4) is 0 Å². The lowest BCUT2D eigenvalue weighted by Gasteiger charge is -2.09. The fourth-order valence-corrected chi connectivity index (χ4v) is 2.79. The summed E-state index contributed by atoms with van der Waals surface area (Å²) in [6, 6.07) is 8.89. The number of aryl methyl sites for hydroxylation is 2. The zero-order valence-electron chi connectivity index (χ0n) is 13.6. The van der Waals surface area contributed by atoms with Crippen LogP contribution in [0, 0.1) is 13.8 Å². The summed E-state index contributed by atoms with van der Waals surface area (Å²) in [6.07, 6.45) is 0. The van der Waals surface area contributed by atoms with E-state index in [9.17, 15) is 9.59 Å². The maximum absolute atomic E-state index is 12.5. The minimum atomic E-state index is -0.385. The van der Waals surface area contributed by atoms with Gasteiger partial charge in [0.1, 0.15) is 0 Å². The van der Waals surface area contributed by atoms with Crippen molar-refractivity contribution in [3.63, 3.8) is 0 Å². The van der Waals surface area contributed by atoms with Crippen molar-refractivity contribution in [2.75, 3.05) is 11.9 Å². The number of anilines is 1. The minimum absolute atomic E-state index is 0.159. The van der Waals surface area contributed by atoms with E-state index < -0.39 is 0 Å². The smallest absolute Gasteiger partial charge is 0.258 e. The summed E-state index contributed by atoms with van der Waals surface area (Å²) in [6.45, 7) is 3.33.